The molecule has 2 aliphatic rings. The van der Waals surface area contributed by atoms with Gasteiger partial charge in [-0.25, -0.2) is 0 Å². The van der Waals surface area contributed by atoms with Gasteiger partial charge in [0.2, 0.25) is 5.91 Å². The van der Waals surface area contributed by atoms with E-state index in [2.05, 4.69) is 35.6 Å². The van der Waals surface area contributed by atoms with Crippen LogP contribution in [0.15, 0.2) is 42.5 Å². The van der Waals surface area contributed by atoms with Gasteiger partial charge >= 0.3 is 0 Å². The molecule has 1 aliphatic heterocycles. The minimum atomic E-state index is -0.115. The maximum Gasteiger partial charge on any atom is 0.253 e. The number of rotatable bonds is 3. The predicted molar refractivity (Wildman–Crippen MR) is 115 cm³/mol. The average Bonchev–Trinajstić information content (AvgIpc) is 2.72. The maximum absolute atomic E-state index is 13.0. The summed E-state index contributed by atoms with van der Waals surface area (Å²) in [4.78, 5) is 27.8. The molecule has 4 rings (SSSR count). The fraction of sp³-hybridized carbons (Fsp3) is 0.440. The molecule has 29 heavy (non-hydrogen) atoms. The van der Waals surface area contributed by atoms with Crippen molar-refractivity contribution in [2.24, 2.45) is 5.92 Å². The molecule has 0 radical (unpaired) electrons. The topological polar surface area (TPSA) is 49.4 Å². The van der Waals surface area contributed by atoms with Crippen LogP contribution >= 0.6 is 0 Å². The third kappa shape index (κ3) is 4.52. The highest BCUT2D eigenvalue weighted by atomic mass is 16.2. The van der Waals surface area contributed by atoms with Gasteiger partial charge < -0.3 is 10.2 Å². The number of hydrogen-bond donors (Lipinski definition) is 1. The molecular weight excluding hydrogens is 360 g/mol. The van der Waals surface area contributed by atoms with Crippen molar-refractivity contribution in [2.75, 3.05) is 13.1 Å². The SMILES string of the molecule is Cc1cc(C)cc(C(=O)N2CCCC(C(=O)NC3CCc4ccccc4C3)C2)c1. The molecule has 0 bridgehead atoms. The Hall–Kier alpha value is -2.62. The Morgan fingerprint density at radius 3 is 2.48 bits per heavy atom. The third-order valence-electron chi connectivity index (χ3n) is 6.24. The highest BCUT2D eigenvalue weighted by Gasteiger charge is 2.30. The monoisotopic (exact) mass is 390 g/mol. The molecule has 152 valence electrons. The van der Waals surface area contributed by atoms with Gasteiger partial charge in [0.25, 0.3) is 5.91 Å². The van der Waals surface area contributed by atoms with E-state index in [0.717, 1.165) is 55.3 Å². The zero-order chi connectivity index (χ0) is 20.4. The second-order valence-corrected chi connectivity index (χ2v) is 8.68. The number of hydrogen-bond acceptors (Lipinski definition) is 2. The zero-order valence-electron chi connectivity index (χ0n) is 17.4. The molecule has 1 fully saturated rings. The van der Waals surface area contributed by atoms with E-state index in [0.29, 0.717) is 6.54 Å². The first kappa shape index (κ1) is 19.7. The first-order valence-electron chi connectivity index (χ1n) is 10.7. The number of benzene rings is 2. The van der Waals surface area contributed by atoms with Crippen LogP contribution in [0, 0.1) is 19.8 Å². The fourth-order valence-corrected chi connectivity index (χ4v) is 4.80. The van der Waals surface area contributed by atoms with Gasteiger partial charge in [-0.05, 0) is 69.2 Å². The second-order valence-electron chi connectivity index (χ2n) is 8.68. The van der Waals surface area contributed by atoms with E-state index in [-0.39, 0.29) is 23.8 Å². The normalized spacial score (nSPS) is 21.4. The number of fused-ring (bicyclic) bond motifs is 1. The van der Waals surface area contributed by atoms with Crippen LogP contribution in [0.1, 0.15) is 51.9 Å². The molecule has 2 aromatic carbocycles. The van der Waals surface area contributed by atoms with E-state index in [1.165, 1.54) is 11.1 Å². The molecule has 2 atom stereocenters. The Kier molecular flexibility index (Phi) is 5.70. The lowest BCUT2D eigenvalue weighted by atomic mass is 9.87. The van der Waals surface area contributed by atoms with Gasteiger partial charge in [0.15, 0.2) is 0 Å². The van der Waals surface area contributed by atoms with E-state index in [4.69, 9.17) is 0 Å². The molecule has 0 spiro atoms. The summed E-state index contributed by atoms with van der Waals surface area (Å²) in [5.41, 5.74) is 5.67. The highest BCUT2D eigenvalue weighted by molar-refractivity contribution is 5.95. The molecule has 0 aromatic heterocycles. The van der Waals surface area contributed by atoms with E-state index in [9.17, 15) is 9.59 Å². The number of carbonyl (C=O) groups is 2. The van der Waals surface area contributed by atoms with Crippen LogP contribution in [-0.4, -0.2) is 35.8 Å². The maximum atomic E-state index is 13.0. The van der Waals surface area contributed by atoms with E-state index in [1.807, 2.05) is 30.9 Å². The van der Waals surface area contributed by atoms with Crippen molar-refractivity contribution in [1.29, 1.82) is 0 Å². The van der Waals surface area contributed by atoms with Gasteiger partial charge in [0.1, 0.15) is 0 Å². The van der Waals surface area contributed by atoms with Crippen LogP contribution in [0.5, 0.6) is 0 Å². The second kappa shape index (κ2) is 8.40. The number of nitrogens with zero attached hydrogens (tertiary/aromatic N) is 1. The van der Waals surface area contributed by atoms with Gasteiger partial charge in [-0.2, -0.15) is 0 Å². The molecule has 1 aliphatic carbocycles. The van der Waals surface area contributed by atoms with Crippen LogP contribution in [0.3, 0.4) is 0 Å². The van der Waals surface area contributed by atoms with Gasteiger partial charge in [-0.3, -0.25) is 9.59 Å². The number of aryl methyl sites for hydroxylation is 3. The molecule has 0 saturated carbocycles. The standard InChI is InChI=1S/C25H30N2O2/c1-17-12-18(2)14-22(13-17)25(29)27-11-5-8-21(16-27)24(28)26-23-10-9-19-6-3-4-7-20(19)15-23/h3-4,6-7,12-14,21,23H,5,8-11,15-16H2,1-2H3,(H,26,28). The van der Waals surface area contributed by atoms with Gasteiger partial charge in [0.05, 0.1) is 5.92 Å². The van der Waals surface area contributed by atoms with Gasteiger partial charge in [-0.15, -0.1) is 0 Å². The van der Waals surface area contributed by atoms with Gasteiger partial charge in [0, 0.05) is 24.7 Å². The van der Waals surface area contributed by atoms with E-state index in [1.54, 1.807) is 0 Å². The van der Waals surface area contributed by atoms with Gasteiger partial charge in [-0.1, -0.05) is 41.5 Å². The smallest absolute Gasteiger partial charge is 0.253 e. The quantitative estimate of drug-likeness (QED) is 0.866. The molecule has 1 N–H and O–H groups in total. The molecule has 2 unspecified atom stereocenters. The molecule has 4 heteroatoms. The molecule has 2 amide bonds. The molecule has 4 nitrogen and oxygen atoms in total. The van der Waals surface area contributed by atoms with E-state index < -0.39 is 0 Å². The van der Waals surface area contributed by atoms with Crippen molar-refractivity contribution in [2.45, 2.75) is 52.0 Å². The summed E-state index contributed by atoms with van der Waals surface area (Å²) >= 11 is 0. The number of carbonyl (C=O) groups excluding carboxylic acids is 2. The summed E-state index contributed by atoms with van der Waals surface area (Å²) in [6, 6.07) is 14.7. The Labute approximate surface area is 173 Å². The highest BCUT2D eigenvalue weighted by Crippen LogP contribution is 2.23. The van der Waals surface area contributed by atoms with Crippen molar-refractivity contribution in [3.05, 3.63) is 70.3 Å². The number of amides is 2. The summed E-state index contributed by atoms with van der Waals surface area (Å²) in [7, 11) is 0. The lowest BCUT2D eigenvalue weighted by Gasteiger charge is -2.34. The van der Waals surface area contributed by atoms with Crippen molar-refractivity contribution in [3.63, 3.8) is 0 Å². The van der Waals surface area contributed by atoms with Crippen LogP contribution in [-0.2, 0) is 17.6 Å². The Balaban J connectivity index is 1.38. The van der Waals surface area contributed by atoms with Crippen LogP contribution in [0.2, 0.25) is 0 Å². The molecule has 1 heterocycles. The van der Waals surface area contributed by atoms with Crippen LogP contribution in [0.4, 0.5) is 0 Å². The van der Waals surface area contributed by atoms with Crippen LogP contribution in [0.25, 0.3) is 0 Å². The number of piperidine rings is 1. The minimum absolute atomic E-state index is 0.0425. The lowest BCUT2D eigenvalue weighted by molar-refractivity contribution is -0.127. The van der Waals surface area contributed by atoms with Crippen molar-refractivity contribution in [1.82, 2.24) is 10.2 Å². The zero-order valence-corrected chi connectivity index (χ0v) is 17.4. The Morgan fingerprint density at radius 1 is 1.00 bits per heavy atom. The largest absolute Gasteiger partial charge is 0.353 e. The Morgan fingerprint density at radius 2 is 1.72 bits per heavy atom. The average molecular weight is 391 g/mol. The molecule has 2 aromatic rings. The van der Waals surface area contributed by atoms with Crippen LogP contribution < -0.4 is 5.32 Å². The Bertz CT molecular complexity index is 901. The summed E-state index contributed by atoms with van der Waals surface area (Å²) in [6.45, 7) is 5.27. The van der Waals surface area contributed by atoms with Crippen molar-refractivity contribution < 1.29 is 9.59 Å². The lowest BCUT2D eigenvalue weighted by Crippen LogP contribution is -2.48. The fourth-order valence-electron chi connectivity index (χ4n) is 4.80. The van der Waals surface area contributed by atoms with E-state index >= 15 is 0 Å². The summed E-state index contributed by atoms with van der Waals surface area (Å²) in [5.74, 6) is 0.0315. The summed E-state index contributed by atoms with van der Waals surface area (Å²) < 4.78 is 0. The summed E-state index contributed by atoms with van der Waals surface area (Å²) in [6.07, 6.45) is 4.64. The minimum Gasteiger partial charge on any atom is -0.353 e. The first-order chi connectivity index (χ1) is 14.0. The first-order valence-corrected chi connectivity index (χ1v) is 10.7. The number of nitrogens with one attached hydrogen (secondary N) is 1. The van der Waals surface area contributed by atoms with Crippen molar-refractivity contribution in [3.8, 4) is 0 Å². The summed E-state index contributed by atoms with van der Waals surface area (Å²) in [5, 5.41) is 3.27. The number of likely N-dealkylation sites (tertiary alicyclic amines) is 1. The third-order valence-corrected chi connectivity index (χ3v) is 6.24. The molecule has 1 saturated heterocycles. The molecular formula is C25H30N2O2. The van der Waals surface area contributed by atoms with Crippen molar-refractivity contribution >= 4 is 11.8 Å². The predicted octanol–water partition coefficient (Wildman–Crippen LogP) is 3.83.